The molecular weight excluding hydrogens is 292 g/mol. The molecule has 2 rings (SSSR count). The Balaban J connectivity index is 2.20. The summed E-state index contributed by atoms with van der Waals surface area (Å²) in [6.07, 6.45) is 2.20. The maximum Gasteiger partial charge on any atom is 0.308 e. The number of carbonyl (C=O) groups is 1. The monoisotopic (exact) mass is 318 g/mol. The lowest BCUT2D eigenvalue weighted by atomic mass is 9.92. The summed E-state index contributed by atoms with van der Waals surface area (Å²) >= 11 is 0. The molecule has 122 valence electrons. The van der Waals surface area contributed by atoms with E-state index in [2.05, 4.69) is 13.8 Å². The van der Waals surface area contributed by atoms with Crippen LogP contribution in [0.15, 0.2) is 0 Å². The van der Waals surface area contributed by atoms with Crippen LogP contribution in [0.3, 0.4) is 0 Å². The van der Waals surface area contributed by atoms with Crippen molar-refractivity contribution in [1.82, 2.24) is 8.61 Å². The third-order valence-corrected chi connectivity index (χ3v) is 6.76. The lowest BCUT2D eigenvalue weighted by Crippen LogP contribution is -2.56. The average Bonchev–Trinajstić information content (AvgIpc) is 2.37. The van der Waals surface area contributed by atoms with Crippen molar-refractivity contribution in [2.75, 3.05) is 19.6 Å². The van der Waals surface area contributed by atoms with Crippen molar-refractivity contribution in [3.05, 3.63) is 0 Å². The minimum atomic E-state index is -3.56. The lowest BCUT2D eigenvalue weighted by Gasteiger charge is -2.42. The summed E-state index contributed by atoms with van der Waals surface area (Å²) < 4.78 is 28.7. The molecule has 0 spiro atoms. The summed E-state index contributed by atoms with van der Waals surface area (Å²) in [6, 6.07) is -0.478. The molecule has 2 aliphatic heterocycles. The molecule has 2 saturated heterocycles. The Hall–Kier alpha value is -0.660. The van der Waals surface area contributed by atoms with Gasteiger partial charge < -0.3 is 5.11 Å². The third-order valence-electron chi connectivity index (χ3n) is 4.71. The fourth-order valence-electron chi connectivity index (χ4n) is 3.71. The Bertz CT molecular complexity index is 483. The summed E-state index contributed by atoms with van der Waals surface area (Å²) in [6.45, 7) is 7.34. The van der Waals surface area contributed by atoms with E-state index in [1.807, 2.05) is 0 Å². The number of piperidine rings is 2. The Morgan fingerprint density at radius 2 is 1.71 bits per heavy atom. The lowest BCUT2D eigenvalue weighted by molar-refractivity contribution is -0.144. The third kappa shape index (κ3) is 3.40. The van der Waals surface area contributed by atoms with E-state index in [1.54, 1.807) is 11.2 Å². The van der Waals surface area contributed by atoms with Crippen molar-refractivity contribution in [1.29, 1.82) is 0 Å². The number of aliphatic carboxylic acids is 1. The summed E-state index contributed by atoms with van der Waals surface area (Å²) in [4.78, 5) is 11.3. The Morgan fingerprint density at radius 1 is 1.14 bits per heavy atom. The highest BCUT2D eigenvalue weighted by Gasteiger charge is 2.42. The standard InChI is InChI=1S/C14H26N2O4S/c1-10-7-11(2)9-15(8-10)21(19,20)16-6-4-5-13(12(16)3)14(17)18/h10-13H,4-9H2,1-3H3,(H,17,18)/t10?,11?,12-,13-/m0/s1. The second kappa shape index (κ2) is 6.22. The molecule has 0 saturated carbocycles. The Labute approximate surface area is 127 Å². The number of carboxylic acid groups (broad SMARTS) is 1. The number of carboxylic acids is 1. The van der Waals surface area contributed by atoms with E-state index in [1.165, 1.54) is 4.31 Å². The summed E-state index contributed by atoms with van der Waals surface area (Å²) in [7, 11) is -3.56. The van der Waals surface area contributed by atoms with Gasteiger partial charge in [-0.25, -0.2) is 0 Å². The van der Waals surface area contributed by atoms with Crippen molar-refractivity contribution in [3.63, 3.8) is 0 Å². The first-order valence-corrected chi connectivity index (χ1v) is 9.13. The SMILES string of the molecule is CC1CC(C)CN(S(=O)(=O)N2CCC[C@H](C(=O)O)[C@@H]2C)C1. The van der Waals surface area contributed by atoms with E-state index in [0.717, 1.165) is 6.42 Å². The van der Waals surface area contributed by atoms with E-state index in [0.29, 0.717) is 44.3 Å². The largest absolute Gasteiger partial charge is 0.481 e. The van der Waals surface area contributed by atoms with Crippen LogP contribution in [-0.4, -0.2) is 53.8 Å². The van der Waals surface area contributed by atoms with Gasteiger partial charge in [-0.3, -0.25) is 4.79 Å². The van der Waals surface area contributed by atoms with Crippen molar-refractivity contribution in [2.45, 2.75) is 46.1 Å². The smallest absolute Gasteiger partial charge is 0.308 e. The normalized spacial score (nSPS) is 36.5. The van der Waals surface area contributed by atoms with Crippen molar-refractivity contribution >= 4 is 16.2 Å². The molecule has 2 fully saturated rings. The van der Waals surface area contributed by atoms with Crippen LogP contribution >= 0.6 is 0 Å². The molecule has 2 unspecified atom stereocenters. The van der Waals surface area contributed by atoms with Crippen LogP contribution in [0.5, 0.6) is 0 Å². The summed E-state index contributed by atoms with van der Waals surface area (Å²) in [5, 5.41) is 9.25. The van der Waals surface area contributed by atoms with Gasteiger partial charge in [0, 0.05) is 25.7 Å². The van der Waals surface area contributed by atoms with E-state index in [4.69, 9.17) is 0 Å². The number of hydrogen-bond acceptors (Lipinski definition) is 3. The molecule has 0 aromatic heterocycles. The van der Waals surface area contributed by atoms with Gasteiger partial charge in [-0.15, -0.1) is 0 Å². The zero-order chi connectivity index (χ0) is 15.8. The van der Waals surface area contributed by atoms with Crippen LogP contribution in [0.1, 0.15) is 40.0 Å². The van der Waals surface area contributed by atoms with Gasteiger partial charge in [0.2, 0.25) is 0 Å². The first-order chi connectivity index (χ1) is 9.73. The van der Waals surface area contributed by atoms with Gasteiger partial charge in [-0.05, 0) is 38.0 Å². The number of nitrogens with zero attached hydrogens (tertiary/aromatic N) is 2. The summed E-state index contributed by atoms with van der Waals surface area (Å²) in [5.41, 5.74) is 0. The van der Waals surface area contributed by atoms with Gasteiger partial charge in [0.25, 0.3) is 10.2 Å². The van der Waals surface area contributed by atoms with Gasteiger partial charge in [-0.1, -0.05) is 13.8 Å². The first kappa shape index (κ1) is 16.7. The van der Waals surface area contributed by atoms with Gasteiger partial charge in [0.15, 0.2) is 0 Å². The molecular formula is C14H26N2O4S. The molecule has 2 heterocycles. The fourth-order valence-corrected chi connectivity index (χ4v) is 5.82. The van der Waals surface area contributed by atoms with E-state index >= 15 is 0 Å². The van der Waals surface area contributed by atoms with Gasteiger partial charge >= 0.3 is 5.97 Å². The topological polar surface area (TPSA) is 77.9 Å². The van der Waals surface area contributed by atoms with Crippen LogP contribution in [0, 0.1) is 17.8 Å². The van der Waals surface area contributed by atoms with Crippen LogP contribution in [-0.2, 0) is 15.0 Å². The average molecular weight is 318 g/mol. The number of rotatable bonds is 3. The highest BCUT2D eigenvalue weighted by Crippen LogP contribution is 2.30. The molecule has 0 radical (unpaired) electrons. The highest BCUT2D eigenvalue weighted by molar-refractivity contribution is 7.86. The molecule has 0 amide bonds. The Morgan fingerprint density at radius 3 is 2.24 bits per heavy atom. The maximum absolute atomic E-state index is 12.9. The quantitative estimate of drug-likeness (QED) is 0.853. The number of hydrogen-bond donors (Lipinski definition) is 1. The predicted molar refractivity (Wildman–Crippen MR) is 80.0 cm³/mol. The molecule has 21 heavy (non-hydrogen) atoms. The molecule has 1 N–H and O–H groups in total. The van der Waals surface area contributed by atoms with Crippen molar-refractivity contribution < 1.29 is 18.3 Å². The zero-order valence-electron chi connectivity index (χ0n) is 13.0. The Kier molecular flexibility index (Phi) is 4.95. The van der Waals surface area contributed by atoms with Gasteiger partial charge in [0.1, 0.15) is 0 Å². The molecule has 2 aliphatic rings. The molecule has 0 aromatic rings. The minimum Gasteiger partial charge on any atom is -0.481 e. The second-order valence-corrected chi connectivity index (χ2v) is 8.59. The van der Waals surface area contributed by atoms with Crippen molar-refractivity contribution in [2.24, 2.45) is 17.8 Å². The van der Waals surface area contributed by atoms with Crippen LogP contribution in [0.4, 0.5) is 0 Å². The molecule has 4 atom stereocenters. The van der Waals surface area contributed by atoms with Gasteiger partial charge in [0.05, 0.1) is 5.92 Å². The predicted octanol–water partition coefficient (Wildman–Crippen LogP) is 1.39. The van der Waals surface area contributed by atoms with Crippen LogP contribution in [0.2, 0.25) is 0 Å². The first-order valence-electron chi connectivity index (χ1n) is 7.73. The second-order valence-electron chi connectivity index (χ2n) is 6.71. The zero-order valence-corrected chi connectivity index (χ0v) is 13.8. The molecule has 0 bridgehead atoms. The molecule has 0 aliphatic carbocycles. The van der Waals surface area contributed by atoms with E-state index in [9.17, 15) is 18.3 Å². The highest BCUT2D eigenvalue weighted by atomic mass is 32.2. The molecule has 6 nitrogen and oxygen atoms in total. The fraction of sp³-hybridized carbons (Fsp3) is 0.929. The van der Waals surface area contributed by atoms with Crippen LogP contribution < -0.4 is 0 Å². The summed E-state index contributed by atoms with van der Waals surface area (Å²) in [5.74, 6) is -0.811. The molecule has 7 heteroatoms. The van der Waals surface area contributed by atoms with E-state index in [-0.39, 0.29) is 0 Å². The maximum atomic E-state index is 12.9. The van der Waals surface area contributed by atoms with E-state index < -0.39 is 28.1 Å². The molecule has 0 aromatic carbocycles. The van der Waals surface area contributed by atoms with Crippen molar-refractivity contribution in [3.8, 4) is 0 Å². The van der Waals surface area contributed by atoms with Crippen LogP contribution in [0.25, 0.3) is 0 Å². The van der Waals surface area contributed by atoms with Gasteiger partial charge in [-0.2, -0.15) is 17.0 Å². The minimum absolute atomic E-state index is 0.346.